The van der Waals surface area contributed by atoms with Crippen molar-refractivity contribution in [3.8, 4) is 0 Å². The molecule has 6 N–H and O–H groups in total. The SMILES string of the molecule is CCC/C=C\C/C=C\CCCCCCCC(=O)OCCCCC/C=C\C/C=C\CCCCCCCCCC(=O)NC(COC1OC(CO)C(O)C(O)C1O)C(O)/C=C/CC/C=C/CCCCCCC. The summed E-state index contributed by atoms with van der Waals surface area (Å²) in [4.78, 5) is 25.0. The van der Waals surface area contributed by atoms with Crippen molar-refractivity contribution in [3.63, 3.8) is 0 Å². The third kappa shape index (κ3) is 37.5. The van der Waals surface area contributed by atoms with E-state index in [1.807, 2.05) is 6.08 Å². The highest BCUT2D eigenvalue weighted by Crippen LogP contribution is 2.22. The molecule has 0 saturated carbocycles. The van der Waals surface area contributed by atoms with E-state index in [1.165, 1.54) is 83.5 Å². The summed E-state index contributed by atoms with van der Waals surface area (Å²) in [6.45, 7) is 4.15. The minimum Gasteiger partial charge on any atom is -0.466 e. The van der Waals surface area contributed by atoms with Gasteiger partial charge in [0.05, 0.1) is 32.0 Å². The number of unbranched alkanes of at least 4 members (excludes halogenated alkanes) is 22. The topological polar surface area (TPSA) is 175 Å². The first-order valence-electron chi connectivity index (χ1n) is 27.7. The summed E-state index contributed by atoms with van der Waals surface area (Å²) < 4.78 is 16.6. The first kappa shape index (κ1) is 64.1. The lowest BCUT2D eigenvalue weighted by atomic mass is 9.99. The number of aliphatic hydroxyl groups excluding tert-OH is 5. The Morgan fingerprint density at radius 1 is 0.536 bits per heavy atom. The van der Waals surface area contributed by atoms with E-state index in [2.05, 4.69) is 79.9 Å². The number of amides is 1. The van der Waals surface area contributed by atoms with Gasteiger partial charge in [-0.2, -0.15) is 0 Å². The molecule has 0 aromatic heterocycles. The lowest BCUT2D eigenvalue weighted by Gasteiger charge is -2.40. The first-order valence-corrected chi connectivity index (χ1v) is 27.7. The lowest BCUT2D eigenvalue weighted by molar-refractivity contribution is -0.302. The fourth-order valence-electron chi connectivity index (χ4n) is 8.04. The molecular formula is C58H101NO10. The molecule has 0 aromatic rings. The van der Waals surface area contributed by atoms with Crippen LogP contribution in [0.2, 0.25) is 0 Å². The van der Waals surface area contributed by atoms with Crippen molar-refractivity contribution in [2.45, 2.75) is 262 Å². The molecule has 0 aromatic carbocycles. The van der Waals surface area contributed by atoms with Crippen molar-refractivity contribution in [3.05, 3.63) is 72.9 Å². The van der Waals surface area contributed by atoms with Gasteiger partial charge in [0.25, 0.3) is 0 Å². The Hall–Kier alpha value is -2.90. The summed E-state index contributed by atoms with van der Waals surface area (Å²) in [7, 11) is 0. The number of hydrogen-bond donors (Lipinski definition) is 6. The van der Waals surface area contributed by atoms with Gasteiger partial charge in [0.2, 0.25) is 5.91 Å². The van der Waals surface area contributed by atoms with Crippen LogP contribution >= 0.6 is 0 Å². The highest BCUT2D eigenvalue weighted by molar-refractivity contribution is 5.76. The van der Waals surface area contributed by atoms with Gasteiger partial charge in [-0.25, -0.2) is 0 Å². The van der Waals surface area contributed by atoms with E-state index in [-0.39, 0.29) is 18.5 Å². The summed E-state index contributed by atoms with van der Waals surface area (Å²) in [6, 6.07) is -0.841. The highest BCUT2D eigenvalue weighted by Gasteiger charge is 2.44. The molecule has 11 nitrogen and oxygen atoms in total. The molecule has 7 atom stereocenters. The standard InChI is InChI=1S/C58H101NO10/c1-3-5-7-9-11-13-15-21-26-30-34-38-42-46-54(63)67-47-43-39-35-31-27-23-20-18-16-17-19-22-25-29-33-37-41-45-53(62)59-50(49-68-58-57(66)56(65)55(64)52(48-60)69-58)51(61)44-40-36-32-28-24-14-12-10-8-6-4-2/h7,9,13,15-16,18,23-24,27-28,40,44,50-52,55-58,60-61,64-66H,3-6,8,10-12,14,17,19-22,25-26,29-39,41-43,45-49H2,1-2H3,(H,59,62)/b9-7-,15-13-,18-16-,27-23-,28-24+,44-40+. The number of ether oxygens (including phenoxy) is 3. The van der Waals surface area contributed by atoms with E-state index in [0.717, 1.165) is 109 Å². The molecule has 0 spiro atoms. The molecule has 1 aliphatic rings. The second-order valence-corrected chi connectivity index (χ2v) is 18.9. The smallest absolute Gasteiger partial charge is 0.305 e. The van der Waals surface area contributed by atoms with Gasteiger partial charge in [0.15, 0.2) is 6.29 Å². The summed E-state index contributed by atoms with van der Waals surface area (Å²) >= 11 is 0. The number of hydrogen-bond acceptors (Lipinski definition) is 10. The van der Waals surface area contributed by atoms with E-state index in [4.69, 9.17) is 14.2 Å². The zero-order chi connectivity index (χ0) is 50.3. The first-order chi connectivity index (χ1) is 33.7. The third-order valence-corrected chi connectivity index (χ3v) is 12.5. The van der Waals surface area contributed by atoms with Crippen molar-refractivity contribution in [1.82, 2.24) is 5.32 Å². The number of nitrogens with one attached hydrogen (secondary N) is 1. The molecular weight excluding hydrogens is 871 g/mol. The van der Waals surface area contributed by atoms with Gasteiger partial charge in [-0.1, -0.05) is 170 Å². The van der Waals surface area contributed by atoms with Crippen molar-refractivity contribution < 1.29 is 49.3 Å². The maximum atomic E-state index is 13.0. The zero-order valence-corrected chi connectivity index (χ0v) is 43.5. The summed E-state index contributed by atoms with van der Waals surface area (Å²) in [5.41, 5.74) is 0. The van der Waals surface area contributed by atoms with Crippen molar-refractivity contribution in [2.24, 2.45) is 0 Å². The Morgan fingerprint density at radius 2 is 1.01 bits per heavy atom. The molecule has 69 heavy (non-hydrogen) atoms. The highest BCUT2D eigenvalue weighted by atomic mass is 16.7. The van der Waals surface area contributed by atoms with Crippen LogP contribution in [0.15, 0.2) is 72.9 Å². The van der Waals surface area contributed by atoms with Gasteiger partial charge in [-0.15, -0.1) is 0 Å². The maximum Gasteiger partial charge on any atom is 0.305 e. The zero-order valence-electron chi connectivity index (χ0n) is 43.5. The second-order valence-electron chi connectivity index (χ2n) is 18.9. The van der Waals surface area contributed by atoms with Gasteiger partial charge in [-0.05, 0) is 109 Å². The fourth-order valence-corrected chi connectivity index (χ4v) is 8.04. The van der Waals surface area contributed by atoms with E-state index >= 15 is 0 Å². The van der Waals surface area contributed by atoms with E-state index < -0.39 is 49.5 Å². The van der Waals surface area contributed by atoms with E-state index in [9.17, 15) is 35.1 Å². The van der Waals surface area contributed by atoms with Crippen molar-refractivity contribution in [2.75, 3.05) is 19.8 Å². The monoisotopic (exact) mass is 972 g/mol. The van der Waals surface area contributed by atoms with Crippen LogP contribution in [0.1, 0.15) is 219 Å². The largest absolute Gasteiger partial charge is 0.466 e. The van der Waals surface area contributed by atoms with Gasteiger partial charge in [-0.3, -0.25) is 9.59 Å². The molecule has 1 saturated heterocycles. The van der Waals surface area contributed by atoms with Crippen molar-refractivity contribution >= 4 is 11.9 Å². The fraction of sp³-hybridized carbons (Fsp3) is 0.759. The van der Waals surface area contributed by atoms with Crippen LogP contribution in [0.25, 0.3) is 0 Å². The number of carbonyl (C=O) groups excluding carboxylic acids is 2. The normalized spacial score (nSPS) is 19.9. The quantitative estimate of drug-likeness (QED) is 0.0196. The van der Waals surface area contributed by atoms with Crippen LogP contribution in [0.5, 0.6) is 0 Å². The number of allylic oxidation sites excluding steroid dienone is 11. The Labute approximate surface area is 420 Å². The minimum absolute atomic E-state index is 0.0498. The molecule has 0 bridgehead atoms. The van der Waals surface area contributed by atoms with Crippen LogP contribution in [-0.4, -0.2) is 100 Å². The van der Waals surface area contributed by atoms with Crippen molar-refractivity contribution in [1.29, 1.82) is 0 Å². The summed E-state index contributed by atoms with van der Waals surface area (Å²) in [5.74, 6) is -0.262. The van der Waals surface area contributed by atoms with Crippen LogP contribution in [0.4, 0.5) is 0 Å². The molecule has 11 heteroatoms. The molecule has 1 rings (SSSR count). The molecule has 1 amide bonds. The van der Waals surface area contributed by atoms with Gasteiger partial charge in [0.1, 0.15) is 24.4 Å². The number of rotatable bonds is 46. The van der Waals surface area contributed by atoms with Crippen LogP contribution in [0.3, 0.4) is 0 Å². The molecule has 7 unspecified atom stereocenters. The van der Waals surface area contributed by atoms with Gasteiger partial charge < -0.3 is 45.1 Å². The second kappa shape index (κ2) is 47.4. The Balaban J connectivity index is 2.15. The van der Waals surface area contributed by atoms with Crippen LogP contribution < -0.4 is 5.32 Å². The molecule has 1 aliphatic heterocycles. The number of carbonyl (C=O) groups is 2. The average molecular weight is 972 g/mol. The molecule has 1 fully saturated rings. The third-order valence-electron chi connectivity index (χ3n) is 12.5. The molecule has 0 radical (unpaired) electrons. The number of aliphatic hydroxyl groups is 5. The maximum absolute atomic E-state index is 13.0. The van der Waals surface area contributed by atoms with Crippen LogP contribution in [0, 0.1) is 0 Å². The van der Waals surface area contributed by atoms with E-state index in [1.54, 1.807) is 6.08 Å². The predicted molar refractivity (Wildman–Crippen MR) is 283 cm³/mol. The molecule has 1 heterocycles. The molecule has 398 valence electrons. The lowest BCUT2D eigenvalue weighted by Crippen LogP contribution is -2.60. The number of esters is 1. The Kier molecular flexibility index (Phi) is 44.1. The predicted octanol–water partition coefficient (Wildman–Crippen LogP) is 12.1. The molecule has 0 aliphatic carbocycles. The van der Waals surface area contributed by atoms with Gasteiger partial charge >= 0.3 is 5.97 Å². The van der Waals surface area contributed by atoms with Gasteiger partial charge in [0, 0.05) is 12.8 Å². The Morgan fingerprint density at radius 3 is 1.58 bits per heavy atom. The Bertz CT molecular complexity index is 1380. The van der Waals surface area contributed by atoms with Crippen LogP contribution in [-0.2, 0) is 23.8 Å². The average Bonchev–Trinajstić information content (AvgIpc) is 3.34. The summed E-state index contributed by atoms with van der Waals surface area (Å²) in [5, 5.41) is 54.2. The summed E-state index contributed by atoms with van der Waals surface area (Å²) in [6.07, 6.45) is 51.3. The van der Waals surface area contributed by atoms with E-state index in [0.29, 0.717) is 19.4 Å². The minimum atomic E-state index is -1.58.